The van der Waals surface area contributed by atoms with Crippen LogP contribution < -0.4 is 15.0 Å². The molecule has 1 aromatic heterocycles. The van der Waals surface area contributed by atoms with E-state index in [-0.39, 0.29) is 6.03 Å². The van der Waals surface area contributed by atoms with E-state index in [2.05, 4.69) is 15.2 Å². The Morgan fingerprint density at radius 2 is 1.61 bits per heavy atom. The van der Waals surface area contributed by atoms with Crippen LogP contribution in [0.1, 0.15) is 28.2 Å². The number of carbonyl (C=O) groups excluding carboxylic acids is 1. The number of carbonyl (C=O) groups is 1. The second-order valence-corrected chi connectivity index (χ2v) is 8.66. The van der Waals surface area contributed by atoms with Crippen molar-refractivity contribution in [2.75, 3.05) is 43.5 Å². The summed E-state index contributed by atoms with van der Waals surface area (Å²) in [5.41, 5.74) is 2.63. The highest BCUT2D eigenvalue weighted by Crippen LogP contribution is 2.30. The number of ether oxygens (including phenoxy) is 1. The van der Waals surface area contributed by atoms with Gasteiger partial charge in [-0.25, -0.2) is 14.8 Å². The monoisotopic (exact) mass is 499 g/mol. The molecule has 0 aliphatic carbocycles. The fourth-order valence-corrected chi connectivity index (χ4v) is 4.20. The van der Waals surface area contributed by atoms with E-state index in [1.807, 2.05) is 38.1 Å². The van der Waals surface area contributed by atoms with Crippen molar-refractivity contribution >= 4 is 17.5 Å². The van der Waals surface area contributed by atoms with Crippen LogP contribution in [0.15, 0.2) is 48.5 Å². The molecule has 1 aliphatic heterocycles. The SMILES string of the molecule is COc1ccc(Cc2c(C)nc(C)nc2N2CCN(C(=O)Nc3ccc(C(F)(F)F)cc3)CC2)cc1. The summed E-state index contributed by atoms with van der Waals surface area (Å²) in [5, 5.41) is 2.68. The molecule has 0 spiro atoms. The van der Waals surface area contributed by atoms with Gasteiger partial charge in [-0.3, -0.25) is 0 Å². The van der Waals surface area contributed by atoms with Crippen molar-refractivity contribution in [1.82, 2.24) is 14.9 Å². The lowest BCUT2D eigenvalue weighted by Gasteiger charge is -2.36. The summed E-state index contributed by atoms with van der Waals surface area (Å²) >= 11 is 0. The lowest BCUT2D eigenvalue weighted by atomic mass is 10.0. The Morgan fingerprint density at radius 3 is 2.19 bits per heavy atom. The predicted octanol–water partition coefficient (Wildman–Crippen LogP) is 5.07. The molecule has 1 saturated heterocycles. The summed E-state index contributed by atoms with van der Waals surface area (Å²) in [6, 6.07) is 12.0. The summed E-state index contributed by atoms with van der Waals surface area (Å²) in [6.07, 6.45) is -3.75. The lowest BCUT2D eigenvalue weighted by Crippen LogP contribution is -2.50. The average Bonchev–Trinajstić information content (AvgIpc) is 2.86. The molecule has 2 amide bonds. The number of aromatic nitrogens is 2. The van der Waals surface area contributed by atoms with Gasteiger partial charge in [-0.05, 0) is 55.8 Å². The number of halogens is 3. The van der Waals surface area contributed by atoms with Crippen molar-refractivity contribution in [3.8, 4) is 5.75 Å². The second kappa shape index (κ2) is 10.4. The van der Waals surface area contributed by atoms with Gasteiger partial charge in [-0.15, -0.1) is 0 Å². The molecule has 3 aromatic rings. The normalized spacial score (nSPS) is 14.1. The topological polar surface area (TPSA) is 70.6 Å². The summed E-state index contributed by atoms with van der Waals surface area (Å²) in [5.74, 6) is 2.34. The maximum atomic E-state index is 12.8. The first-order valence-electron chi connectivity index (χ1n) is 11.6. The highest BCUT2D eigenvalue weighted by atomic mass is 19.4. The Bertz CT molecular complexity index is 1210. The molecule has 0 unspecified atom stereocenters. The van der Waals surface area contributed by atoms with E-state index in [1.54, 1.807) is 12.0 Å². The first-order chi connectivity index (χ1) is 17.1. The molecule has 2 aromatic carbocycles. The number of aryl methyl sites for hydroxylation is 2. The molecule has 1 N–H and O–H groups in total. The Labute approximate surface area is 207 Å². The molecule has 36 heavy (non-hydrogen) atoms. The molecule has 0 radical (unpaired) electrons. The highest BCUT2D eigenvalue weighted by Gasteiger charge is 2.30. The largest absolute Gasteiger partial charge is 0.497 e. The van der Waals surface area contributed by atoms with Crippen molar-refractivity contribution in [3.63, 3.8) is 0 Å². The number of methoxy groups -OCH3 is 1. The number of nitrogens with zero attached hydrogens (tertiary/aromatic N) is 4. The Balaban J connectivity index is 1.42. The molecule has 1 fully saturated rings. The maximum Gasteiger partial charge on any atom is 0.416 e. The number of nitrogens with one attached hydrogen (secondary N) is 1. The van der Waals surface area contributed by atoms with Crippen LogP contribution in [0.3, 0.4) is 0 Å². The second-order valence-electron chi connectivity index (χ2n) is 8.66. The third kappa shape index (κ3) is 5.87. The fourth-order valence-electron chi connectivity index (χ4n) is 4.20. The van der Waals surface area contributed by atoms with Crippen LogP contribution in [0.4, 0.5) is 29.5 Å². The van der Waals surface area contributed by atoms with Gasteiger partial charge in [-0.2, -0.15) is 13.2 Å². The first kappa shape index (κ1) is 25.3. The van der Waals surface area contributed by atoms with E-state index in [4.69, 9.17) is 9.72 Å². The van der Waals surface area contributed by atoms with Crippen LogP contribution in [0.2, 0.25) is 0 Å². The zero-order valence-electron chi connectivity index (χ0n) is 20.4. The Morgan fingerprint density at radius 1 is 0.972 bits per heavy atom. The summed E-state index contributed by atoms with van der Waals surface area (Å²) < 4.78 is 43.5. The minimum Gasteiger partial charge on any atom is -0.497 e. The molecule has 190 valence electrons. The number of rotatable bonds is 5. The van der Waals surface area contributed by atoms with E-state index in [9.17, 15) is 18.0 Å². The summed E-state index contributed by atoms with van der Waals surface area (Å²) in [4.78, 5) is 25.8. The number of hydrogen-bond donors (Lipinski definition) is 1. The standard InChI is InChI=1S/C26H28F3N5O2/c1-17-23(16-19-4-10-22(36-3)11-5-19)24(31-18(2)30-17)33-12-14-34(15-13-33)25(35)32-21-8-6-20(7-9-21)26(27,28)29/h4-11H,12-16H2,1-3H3,(H,32,35). The van der Waals surface area contributed by atoms with E-state index < -0.39 is 11.7 Å². The van der Waals surface area contributed by atoms with Gasteiger partial charge in [0.1, 0.15) is 17.4 Å². The van der Waals surface area contributed by atoms with Crippen LogP contribution in [0.25, 0.3) is 0 Å². The highest BCUT2D eigenvalue weighted by molar-refractivity contribution is 5.89. The molecule has 10 heteroatoms. The number of benzene rings is 2. The number of urea groups is 1. The molecule has 1 aliphatic rings. The molecule has 0 bridgehead atoms. The average molecular weight is 500 g/mol. The van der Waals surface area contributed by atoms with Crippen LogP contribution in [-0.4, -0.2) is 54.2 Å². The quantitative estimate of drug-likeness (QED) is 0.531. The summed E-state index contributed by atoms with van der Waals surface area (Å²) in [7, 11) is 1.63. The van der Waals surface area contributed by atoms with Crippen molar-refractivity contribution < 1.29 is 22.7 Å². The zero-order chi connectivity index (χ0) is 25.9. The van der Waals surface area contributed by atoms with Crippen molar-refractivity contribution in [3.05, 3.63) is 76.7 Å². The van der Waals surface area contributed by atoms with Gasteiger partial charge in [0.05, 0.1) is 12.7 Å². The van der Waals surface area contributed by atoms with Gasteiger partial charge < -0.3 is 19.9 Å². The smallest absolute Gasteiger partial charge is 0.416 e. The van der Waals surface area contributed by atoms with Gasteiger partial charge in [0.2, 0.25) is 0 Å². The van der Waals surface area contributed by atoms with Crippen LogP contribution >= 0.6 is 0 Å². The first-order valence-corrected chi connectivity index (χ1v) is 11.6. The molecule has 2 heterocycles. The van der Waals surface area contributed by atoms with Gasteiger partial charge in [0, 0.05) is 49.5 Å². The van der Waals surface area contributed by atoms with Crippen molar-refractivity contribution in [2.45, 2.75) is 26.4 Å². The van der Waals surface area contributed by atoms with E-state index in [0.717, 1.165) is 40.5 Å². The van der Waals surface area contributed by atoms with Crippen LogP contribution in [0, 0.1) is 13.8 Å². The van der Waals surface area contributed by atoms with E-state index in [0.29, 0.717) is 44.1 Å². The lowest BCUT2D eigenvalue weighted by molar-refractivity contribution is -0.137. The number of piperazine rings is 1. The molecule has 7 nitrogen and oxygen atoms in total. The molecular weight excluding hydrogens is 471 g/mol. The molecular formula is C26H28F3N5O2. The van der Waals surface area contributed by atoms with Crippen molar-refractivity contribution in [2.24, 2.45) is 0 Å². The third-order valence-electron chi connectivity index (χ3n) is 6.17. The number of amides is 2. The van der Waals surface area contributed by atoms with Crippen LogP contribution in [-0.2, 0) is 12.6 Å². The fraction of sp³-hybridized carbons (Fsp3) is 0.346. The van der Waals surface area contributed by atoms with Gasteiger partial charge in [0.25, 0.3) is 0 Å². The van der Waals surface area contributed by atoms with Crippen molar-refractivity contribution in [1.29, 1.82) is 0 Å². The zero-order valence-corrected chi connectivity index (χ0v) is 20.4. The predicted molar refractivity (Wildman–Crippen MR) is 132 cm³/mol. The minimum atomic E-state index is -4.41. The van der Waals surface area contributed by atoms with Gasteiger partial charge >= 0.3 is 12.2 Å². The molecule has 4 rings (SSSR count). The number of hydrogen-bond acceptors (Lipinski definition) is 5. The number of alkyl halides is 3. The minimum absolute atomic E-state index is 0.319. The summed E-state index contributed by atoms with van der Waals surface area (Å²) in [6.45, 7) is 5.90. The van der Waals surface area contributed by atoms with Gasteiger partial charge in [-0.1, -0.05) is 12.1 Å². The van der Waals surface area contributed by atoms with E-state index in [1.165, 1.54) is 12.1 Å². The van der Waals surface area contributed by atoms with Crippen LogP contribution in [0.5, 0.6) is 5.75 Å². The Kier molecular flexibility index (Phi) is 7.32. The Hall–Kier alpha value is -3.82. The maximum absolute atomic E-state index is 12.8. The van der Waals surface area contributed by atoms with Gasteiger partial charge in [0.15, 0.2) is 0 Å². The third-order valence-corrected chi connectivity index (χ3v) is 6.17. The van der Waals surface area contributed by atoms with E-state index >= 15 is 0 Å². The number of anilines is 2. The molecule has 0 saturated carbocycles. The molecule has 0 atom stereocenters.